The van der Waals surface area contributed by atoms with Crippen molar-refractivity contribution in [2.45, 2.75) is 12.5 Å². The van der Waals surface area contributed by atoms with E-state index in [2.05, 4.69) is 0 Å². The summed E-state index contributed by atoms with van der Waals surface area (Å²) in [5, 5.41) is 18.0. The second-order valence-corrected chi connectivity index (χ2v) is 2.89. The normalized spacial score (nSPS) is 11.8. The number of nitrogens with zero attached hydrogens (tertiary/aromatic N) is 1. The first-order valence-corrected chi connectivity index (χ1v) is 4.18. The van der Waals surface area contributed by atoms with Crippen molar-refractivity contribution in [2.24, 2.45) is 5.73 Å². The Morgan fingerprint density at radius 1 is 1.64 bits per heavy atom. The van der Waals surface area contributed by atoms with Crippen molar-refractivity contribution in [3.8, 4) is 17.6 Å². The molecular weight excluding hydrogens is 180 g/mol. The highest BCUT2D eigenvalue weighted by molar-refractivity contribution is 5.41. The monoisotopic (exact) mass is 192 g/mol. The lowest BCUT2D eigenvalue weighted by molar-refractivity contribution is 0.409. The molecule has 0 radical (unpaired) electrons. The van der Waals surface area contributed by atoms with Crippen molar-refractivity contribution in [1.82, 2.24) is 0 Å². The predicted octanol–water partition coefficient (Wildman–Crippen LogP) is 1.31. The summed E-state index contributed by atoms with van der Waals surface area (Å²) in [4.78, 5) is 0. The van der Waals surface area contributed by atoms with E-state index in [9.17, 15) is 5.11 Å². The molecule has 0 spiro atoms. The molecule has 0 heterocycles. The van der Waals surface area contributed by atoms with Crippen LogP contribution in [0.1, 0.15) is 18.0 Å². The summed E-state index contributed by atoms with van der Waals surface area (Å²) in [6.45, 7) is 0. The molecule has 0 aromatic heterocycles. The summed E-state index contributed by atoms with van der Waals surface area (Å²) in [6, 6.07) is 6.26. The maximum absolute atomic E-state index is 9.48. The molecule has 0 saturated heterocycles. The van der Waals surface area contributed by atoms with Crippen LogP contribution in [0.5, 0.6) is 11.5 Å². The molecule has 0 aliphatic heterocycles. The highest BCUT2D eigenvalue weighted by atomic mass is 16.5. The van der Waals surface area contributed by atoms with Gasteiger partial charge in [0.2, 0.25) is 0 Å². The van der Waals surface area contributed by atoms with Crippen LogP contribution >= 0.6 is 0 Å². The van der Waals surface area contributed by atoms with E-state index >= 15 is 0 Å². The fourth-order valence-corrected chi connectivity index (χ4v) is 1.16. The minimum atomic E-state index is -0.477. The number of phenolic OH excluding ortho intramolecular Hbond substituents is 1. The number of aromatic hydroxyl groups is 1. The zero-order valence-electron chi connectivity index (χ0n) is 7.90. The molecule has 14 heavy (non-hydrogen) atoms. The van der Waals surface area contributed by atoms with Gasteiger partial charge in [-0.15, -0.1) is 0 Å². The molecule has 74 valence electrons. The van der Waals surface area contributed by atoms with Gasteiger partial charge in [0, 0.05) is 11.6 Å². The minimum absolute atomic E-state index is 0.0913. The Labute approximate surface area is 82.5 Å². The van der Waals surface area contributed by atoms with Gasteiger partial charge < -0.3 is 15.6 Å². The third kappa shape index (κ3) is 2.15. The third-order valence-electron chi connectivity index (χ3n) is 1.95. The Morgan fingerprint density at radius 2 is 2.36 bits per heavy atom. The number of benzene rings is 1. The summed E-state index contributed by atoms with van der Waals surface area (Å²) in [6.07, 6.45) is 0.167. The summed E-state index contributed by atoms with van der Waals surface area (Å²) < 4.78 is 4.99. The zero-order valence-corrected chi connectivity index (χ0v) is 7.90. The van der Waals surface area contributed by atoms with E-state index in [0.717, 1.165) is 0 Å². The quantitative estimate of drug-likeness (QED) is 0.756. The van der Waals surface area contributed by atoms with Gasteiger partial charge in [0.05, 0.1) is 19.6 Å². The summed E-state index contributed by atoms with van der Waals surface area (Å²) in [5.74, 6) is 0.708. The second kappa shape index (κ2) is 4.49. The number of phenols is 1. The third-order valence-corrected chi connectivity index (χ3v) is 1.95. The van der Waals surface area contributed by atoms with Crippen molar-refractivity contribution in [3.63, 3.8) is 0 Å². The molecule has 0 aliphatic carbocycles. The van der Waals surface area contributed by atoms with Crippen LogP contribution in [0.2, 0.25) is 0 Å². The molecule has 0 bridgehead atoms. The van der Waals surface area contributed by atoms with Crippen LogP contribution < -0.4 is 10.5 Å². The van der Waals surface area contributed by atoms with Gasteiger partial charge in [-0.05, 0) is 18.2 Å². The van der Waals surface area contributed by atoms with E-state index in [1.54, 1.807) is 12.1 Å². The molecular formula is C10H12N2O2. The van der Waals surface area contributed by atoms with Gasteiger partial charge in [-0.2, -0.15) is 5.26 Å². The number of hydrogen-bond acceptors (Lipinski definition) is 4. The van der Waals surface area contributed by atoms with Gasteiger partial charge in [0.1, 0.15) is 11.5 Å². The van der Waals surface area contributed by atoms with Crippen LogP contribution in [0.15, 0.2) is 18.2 Å². The first kappa shape index (κ1) is 10.4. The average Bonchev–Trinajstić information content (AvgIpc) is 2.19. The molecule has 4 heteroatoms. The van der Waals surface area contributed by atoms with Gasteiger partial charge in [-0.3, -0.25) is 0 Å². The summed E-state index contributed by atoms with van der Waals surface area (Å²) >= 11 is 0. The second-order valence-electron chi connectivity index (χ2n) is 2.89. The van der Waals surface area contributed by atoms with E-state index in [-0.39, 0.29) is 12.2 Å². The number of ether oxygens (including phenoxy) is 1. The SMILES string of the molecule is COc1ccc(O)c([C@@H](N)CC#N)c1. The van der Waals surface area contributed by atoms with Crippen molar-refractivity contribution in [3.05, 3.63) is 23.8 Å². The van der Waals surface area contributed by atoms with Crippen molar-refractivity contribution < 1.29 is 9.84 Å². The molecule has 4 nitrogen and oxygen atoms in total. The van der Waals surface area contributed by atoms with E-state index < -0.39 is 6.04 Å². The standard InChI is InChI=1S/C10H12N2O2/c1-14-7-2-3-10(13)8(6-7)9(12)4-5-11/h2-3,6,9,13H,4,12H2,1H3/t9-/m0/s1. The molecule has 3 N–H and O–H groups in total. The van der Waals surface area contributed by atoms with Crippen LogP contribution in [-0.2, 0) is 0 Å². The van der Waals surface area contributed by atoms with Crippen LogP contribution in [0.4, 0.5) is 0 Å². The molecule has 1 rings (SSSR count). The minimum Gasteiger partial charge on any atom is -0.508 e. The molecule has 0 fully saturated rings. The van der Waals surface area contributed by atoms with E-state index in [0.29, 0.717) is 11.3 Å². The Kier molecular flexibility index (Phi) is 3.32. The van der Waals surface area contributed by atoms with Crippen LogP contribution in [0, 0.1) is 11.3 Å². The maximum atomic E-state index is 9.48. The van der Waals surface area contributed by atoms with Crippen LogP contribution in [-0.4, -0.2) is 12.2 Å². The van der Waals surface area contributed by atoms with Gasteiger partial charge in [-0.1, -0.05) is 0 Å². The predicted molar refractivity (Wildman–Crippen MR) is 51.8 cm³/mol. The first-order valence-electron chi connectivity index (χ1n) is 4.18. The molecule has 1 aromatic rings. The maximum Gasteiger partial charge on any atom is 0.120 e. The first-order chi connectivity index (χ1) is 6.69. The number of nitriles is 1. The van der Waals surface area contributed by atoms with Gasteiger partial charge in [0.15, 0.2) is 0 Å². The Bertz CT molecular complexity index is 358. The average molecular weight is 192 g/mol. The number of hydrogen-bond donors (Lipinski definition) is 2. The van der Waals surface area contributed by atoms with Crippen LogP contribution in [0.25, 0.3) is 0 Å². The van der Waals surface area contributed by atoms with E-state index in [1.165, 1.54) is 13.2 Å². The van der Waals surface area contributed by atoms with E-state index in [4.69, 9.17) is 15.7 Å². The molecule has 1 atom stereocenters. The lowest BCUT2D eigenvalue weighted by atomic mass is 10.0. The smallest absolute Gasteiger partial charge is 0.120 e. The highest BCUT2D eigenvalue weighted by Gasteiger charge is 2.11. The number of nitrogens with two attached hydrogens (primary N) is 1. The molecule has 0 saturated carbocycles. The molecule has 1 aromatic carbocycles. The molecule has 0 aliphatic rings. The van der Waals surface area contributed by atoms with Gasteiger partial charge in [0.25, 0.3) is 0 Å². The van der Waals surface area contributed by atoms with Crippen LogP contribution in [0.3, 0.4) is 0 Å². The van der Waals surface area contributed by atoms with Gasteiger partial charge >= 0.3 is 0 Å². The summed E-state index contributed by atoms with van der Waals surface area (Å²) in [7, 11) is 1.53. The molecule has 0 unspecified atom stereocenters. The Hall–Kier alpha value is -1.73. The Balaban J connectivity index is 3.00. The van der Waals surface area contributed by atoms with Crippen molar-refractivity contribution in [1.29, 1.82) is 5.26 Å². The number of rotatable bonds is 3. The van der Waals surface area contributed by atoms with Crippen molar-refractivity contribution in [2.75, 3.05) is 7.11 Å². The van der Waals surface area contributed by atoms with Crippen molar-refractivity contribution >= 4 is 0 Å². The number of methoxy groups -OCH3 is 1. The van der Waals surface area contributed by atoms with E-state index in [1.807, 2.05) is 6.07 Å². The highest BCUT2D eigenvalue weighted by Crippen LogP contribution is 2.28. The molecule has 0 amide bonds. The Morgan fingerprint density at radius 3 is 2.93 bits per heavy atom. The lowest BCUT2D eigenvalue weighted by Crippen LogP contribution is -2.09. The topological polar surface area (TPSA) is 79.3 Å². The summed E-state index contributed by atoms with van der Waals surface area (Å²) in [5.41, 5.74) is 6.23. The fourth-order valence-electron chi connectivity index (χ4n) is 1.16. The van der Waals surface area contributed by atoms with Gasteiger partial charge in [-0.25, -0.2) is 0 Å². The zero-order chi connectivity index (χ0) is 10.6. The largest absolute Gasteiger partial charge is 0.508 e. The lowest BCUT2D eigenvalue weighted by Gasteiger charge is -2.11. The fraction of sp³-hybridized carbons (Fsp3) is 0.300.